The van der Waals surface area contributed by atoms with Crippen LogP contribution in [0.2, 0.25) is 0 Å². The fraction of sp³-hybridized carbons (Fsp3) is 0.333. The Labute approximate surface area is 169 Å². The smallest absolute Gasteiger partial charge is 0.241 e. The zero-order valence-corrected chi connectivity index (χ0v) is 16.9. The summed E-state index contributed by atoms with van der Waals surface area (Å²) in [6.45, 7) is 0. The van der Waals surface area contributed by atoms with E-state index in [2.05, 4.69) is 4.72 Å². The number of imide groups is 1. The molecule has 7 nitrogen and oxygen atoms in total. The molecule has 2 aromatic rings. The van der Waals surface area contributed by atoms with Crippen LogP contribution in [0.15, 0.2) is 47.4 Å². The minimum Gasteiger partial charge on any atom is -0.495 e. The Morgan fingerprint density at radius 2 is 1.76 bits per heavy atom. The van der Waals surface area contributed by atoms with E-state index in [1.807, 2.05) is 24.3 Å². The van der Waals surface area contributed by atoms with Crippen molar-refractivity contribution in [2.24, 2.45) is 0 Å². The first kappa shape index (κ1) is 19.6. The Morgan fingerprint density at radius 1 is 1.03 bits per heavy atom. The van der Waals surface area contributed by atoms with E-state index < -0.39 is 10.0 Å². The molecule has 2 aliphatic rings. The van der Waals surface area contributed by atoms with Crippen LogP contribution in [0.1, 0.15) is 42.9 Å². The second-order valence-electron chi connectivity index (χ2n) is 7.22. The molecular formula is C21H22N2O5S. The molecule has 152 valence electrons. The minimum atomic E-state index is -3.87. The number of methoxy groups -OCH3 is 1. The van der Waals surface area contributed by atoms with E-state index in [1.165, 1.54) is 25.3 Å². The van der Waals surface area contributed by atoms with Crippen molar-refractivity contribution in [2.45, 2.75) is 43.0 Å². The Morgan fingerprint density at radius 3 is 2.48 bits per heavy atom. The highest BCUT2D eigenvalue weighted by Gasteiger charge is 2.34. The topological polar surface area (TPSA) is 92.8 Å². The van der Waals surface area contributed by atoms with Crippen LogP contribution < -0.4 is 14.4 Å². The van der Waals surface area contributed by atoms with Gasteiger partial charge in [-0.15, -0.1) is 0 Å². The highest BCUT2D eigenvalue weighted by molar-refractivity contribution is 7.89. The molecule has 1 saturated heterocycles. The Hall–Kier alpha value is -2.71. The molecule has 1 N–H and O–H groups in total. The number of aryl methyl sites for hydroxylation is 1. The first-order valence-electron chi connectivity index (χ1n) is 9.54. The molecule has 29 heavy (non-hydrogen) atoms. The lowest BCUT2D eigenvalue weighted by Gasteiger charge is -2.26. The number of carbonyl (C=O) groups excluding carboxylic acids is 2. The summed E-state index contributed by atoms with van der Waals surface area (Å²) in [4.78, 5) is 25.3. The first-order chi connectivity index (χ1) is 13.9. The quantitative estimate of drug-likeness (QED) is 0.760. The second kappa shape index (κ2) is 7.61. The van der Waals surface area contributed by atoms with Gasteiger partial charge in [0, 0.05) is 18.9 Å². The van der Waals surface area contributed by atoms with Crippen LogP contribution in [0.3, 0.4) is 0 Å². The van der Waals surface area contributed by atoms with Gasteiger partial charge in [0.2, 0.25) is 21.8 Å². The van der Waals surface area contributed by atoms with Gasteiger partial charge in [-0.1, -0.05) is 24.3 Å². The average molecular weight is 414 g/mol. The third-order valence-corrected chi connectivity index (χ3v) is 6.89. The van der Waals surface area contributed by atoms with E-state index in [1.54, 1.807) is 0 Å². The summed E-state index contributed by atoms with van der Waals surface area (Å²) in [6, 6.07) is 11.7. The summed E-state index contributed by atoms with van der Waals surface area (Å²) in [6.07, 6.45) is 2.75. The lowest BCUT2D eigenvalue weighted by Crippen LogP contribution is -2.32. The van der Waals surface area contributed by atoms with Crippen LogP contribution in [0.5, 0.6) is 5.75 Å². The highest BCUT2D eigenvalue weighted by Crippen LogP contribution is 2.35. The Bertz CT molecular complexity index is 1060. The Kier molecular flexibility index (Phi) is 5.14. The van der Waals surface area contributed by atoms with Crippen LogP contribution in [0, 0.1) is 0 Å². The molecule has 0 bridgehead atoms. The molecule has 8 heteroatoms. The first-order valence-corrected chi connectivity index (χ1v) is 11.0. The second-order valence-corrected chi connectivity index (χ2v) is 8.94. The average Bonchev–Trinajstić information content (AvgIpc) is 3.05. The summed E-state index contributed by atoms with van der Waals surface area (Å²) in [7, 11) is -2.46. The standard InChI is InChI=1S/C21H22N2O5S/c1-28-19-10-9-15(13-18(19)23-20(24)11-12-21(23)25)29(26,27)22-17-8-4-6-14-5-2-3-7-16(14)17/h2-3,5,7,9-10,13,17,22H,4,6,8,11-12H2,1H3/t17-/m1/s1. The SMILES string of the molecule is COc1ccc(S(=O)(=O)N[C@@H]2CCCc3ccccc32)cc1N1C(=O)CCC1=O. The molecule has 1 aliphatic carbocycles. The number of hydrogen-bond acceptors (Lipinski definition) is 5. The molecule has 0 spiro atoms. The molecule has 1 atom stereocenters. The van der Waals surface area contributed by atoms with Gasteiger partial charge in [-0.05, 0) is 48.6 Å². The lowest BCUT2D eigenvalue weighted by atomic mass is 9.88. The van der Waals surface area contributed by atoms with Crippen molar-refractivity contribution in [3.05, 3.63) is 53.6 Å². The van der Waals surface area contributed by atoms with Crippen molar-refractivity contribution < 1.29 is 22.7 Å². The summed E-state index contributed by atoms with van der Waals surface area (Å²) in [5.41, 5.74) is 2.29. The van der Waals surface area contributed by atoms with Crippen LogP contribution in [0.25, 0.3) is 0 Å². The zero-order valence-electron chi connectivity index (χ0n) is 16.1. The molecule has 2 amide bonds. The maximum Gasteiger partial charge on any atom is 0.241 e. The van der Waals surface area contributed by atoms with E-state index in [9.17, 15) is 18.0 Å². The van der Waals surface area contributed by atoms with Crippen molar-refractivity contribution in [1.29, 1.82) is 0 Å². The van der Waals surface area contributed by atoms with Crippen molar-refractivity contribution >= 4 is 27.5 Å². The lowest BCUT2D eigenvalue weighted by molar-refractivity contribution is -0.121. The molecule has 1 fully saturated rings. The van der Waals surface area contributed by atoms with Gasteiger partial charge in [0.1, 0.15) is 5.75 Å². The number of nitrogens with zero attached hydrogens (tertiary/aromatic N) is 1. The molecule has 0 radical (unpaired) electrons. The maximum absolute atomic E-state index is 13.1. The third-order valence-electron chi connectivity index (χ3n) is 5.42. The number of benzene rings is 2. The van der Waals surface area contributed by atoms with Crippen LogP contribution in [0.4, 0.5) is 5.69 Å². The van der Waals surface area contributed by atoms with E-state index in [0.717, 1.165) is 28.9 Å². The Balaban J connectivity index is 1.69. The number of nitrogens with one attached hydrogen (secondary N) is 1. The summed E-state index contributed by atoms with van der Waals surface area (Å²) >= 11 is 0. The van der Waals surface area contributed by atoms with Gasteiger partial charge < -0.3 is 4.74 Å². The number of hydrogen-bond donors (Lipinski definition) is 1. The van der Waals surface area contributed by atoms with Crippen molar-refractivity contribution in [3.63, 3.8) is 0 Å². The predicted molar refractivity (Wildman–Crippen MR) is 107 cm³/mol. The molecule has 0 saturated carbocycles. The zero-order chi connectivity index (χ0) is 20.6. The minimum absolute atomic E-state index is 0.0103. The van der Waals surface area contributed by atoms with E-state index in [-0.39, 0.29) is 47.0 Å². The maximum atomic E-state index is 13.1. The molecule has 0 aromatic heterocycles. The van der Waals surface area contributed by atoms with E-state index >= 15 is 0 Å². The molecule has 4 rings (SSSR count). The van der Waals surface area contributed by atoms with Gasteiger partial charge in [-0.2, -0.15) is 0 Å². The fourth-order valence-electron chi connectivity index (χ4n) is 3.99. The normalized spacial score (nSPS) is 19.3. The van der Waals surface area contributed by atoms with Crippen molar-refractivity contribution in [1.82, 2.24) is 4.72 Å². The van der Waals surface area contributed by atoms with Gasteiger partial charge in [0.25, 0.3) is 0 Å². The monoisotopic (exact) mass is 414 g/mol. The molecule has 2 aromatic carbocycles. The number of rotatable bonds is 5. The largest absolute Gasteiger partial charge is 0.495 e. The van der Waals surface area contributed by atoms with Crippen molar-refractivity contribution in [3.8, 4) is 5.75 Å². The van der Waals surface area contributed by atoms with E-state index in [0.29, 0.717) is 6.42 Å². The van der Waals surface area contributed by atoms with Crippen LogP contribution in [-0.4, -0.2) is 27.3 Å². The van der Waals surface area contributed by atoms with Gasteiger partial charge in [0.05, 0.1) is 17.7 Å². The number of carbonyl (C=O) groups is 2. The number of fused-ring (bicyclic) bond motifs is 1. The van der Waals surface area contributed by atoms with Gasteiger partial charge in [-0.25, -0.2) is 18.0 Å². The van der Waals surface area contributed by atoms with Crippen LogP contribution in [-0.2, 0) is 26.0 Å². The molecular weight excluding hydrogens is 392 g/mol. The summed E-state index contributed by atoms with van der Waals surface area (Å²) < 4.78 is 34.2. The third kappa shape index (κ3) is 3.65. The fourth-order valence-corrected chi connectivity index (χ4v) is 5.26. The molecule has 1 aliphatic heterocycles. The predicted octanol–water partition coefficient (Wildman–Crippen LogP) is 2.70. The number of amides is 2. The summed E-state index contributed by atoms with van der Waals surface area (Å²) in [5, 5.41) is 0. The number of sulfonamides is 1. The molecule has 1 heterocycles. The van der Waals surface area contributed by atoms with E-state index in [4.69, 9.17) is 4.74 Å². The summed E-state index contributed by atoms with van der Waals surface area (Å²) in [5.74, 6) is -0.454. The number of anilines is 1. The highest BCUT2D eigenvalue weighted by atomic mass is 32.2. The number of ether oxygens (including phenoxy) is 1. The van der Waals surface area contributed by atoms with Crippen LogP contribution >= 0.6 is 0 Å². The van der Waals surface area contributed by atoms with Crippen molar-refractivity contribution in [2.75, 3.05) is 12.0 Å². The van der Waals surface area contributed by atoms with Gasteiger partial charge in [0.15, 0.2) is 0 Å². The van der Waals surface area contributed by atoms with Gasteiger partial charge in [-0.3, -0.25) is 9.59 Å². The molecule has 0 unspecified atom stereocenters. The van der Waals surface area contributed by atoms with Gasteiger partial charge >= 0.3 is 0 Å².